The summed E-state index contributed by atoms with van der Waals surface area (Å²) in [7, 11) is 0. The SMILES string of the molecule is CCCCNc1nc(OCC)nc2c1cnn2-c1ccc(Cl)cc1. The van der Waals surface area contributed by atoms with Gasteiger partial charge in [-0.2, -0.15) is 15.1 Å². The smallest absolute Gasteiger partial charge is 0.320 e. The fourth-order valence-electron chi connectivity index (χ4n) is 2.37. The van der Waals surface area contributed by atoms with Gasteiger partial charge in [0.1, 0.15) is 5.82 Å². The summed E-state index contributed by atoms with van der Waals surface area (Å²) in [4.78, 5) is 8.97. The highest BCUT2D eigenvalue weighted by molar-refractivity contribution is 6.30. The highest BCUT2D eigenvalue weighted by atomic mass is 35.5. The van der Waals surface area contributed by atoms with Gasteiger partial charge in [-0.3, -0.25) is 0 Å². The molecule has 0 saturated heterocycles. The van der Waals surface area contributed by atoms with E-state index >= 15 is 0 Å². The summed E-state index contributed by atoms with van der Waals surface area (Å²) < 4.78 is 7.28. The Morgan fingerprint density at radius 2 is 1.96 bits per heavy atom. The molecular formula is C17H20ClN5O. The van der Waals surface area contributed by atoms with Crippen LogP contribution in [-0.2, 0) is 0 Å². The molecule has 0 aliphatic rings. The largest absolute Gasteiger partial charge is 0.464 e. The van der Waals surface area contributed by atoms with E-state index in [9.17, 15) is 0 Å². The molecule has 0 radical (unpaired) electrons. The molecule has 0 aliphatic carbocycles. The minimum atomic E-state index is 0.347. The van der Waals surface area contributed by atoms with Gasteiger partial charge in [-0.25, -0.2) is 4.68 Å². The van der Waals surface area contributed by atoms with Crippen LogP contribution in [0, 0.1) is 0 Å². The van der Waals surface area contributed by atoms with E-state index in [0.717, 1.165) is 36.3 Å². The molecule has 3 rings (SSSR count). The van der Waals surface area contributed by atoms with Crippen molar-refractivity contribution in [3.8, 4) is 11.7 Å². The average molecular weight is 346 g/mol. The van der Waals surface area contributed by atoms with Crippen molar-refractivity contribution in [1.82, 2.24) is 19.7 Å². The van der Waals surface area contributed by atoms with Crippen LogP contribution in [0.3, 0.4) is 0 Å². The van der Waals surface area contributed by atoms with Crippen molar-refractivity contribution in [1.29, 1.82) is 0 Å². The summed E-state index contributed by atoms with van der Waals surface area (Å²) in [5, 5.41) is 9.36. The minimum Gasteiger partial charge on any atom is -0.464 e. The van der Waals surface area contributed by atoms with Crippen molar-refractivity contribution in [3.05, 3.63) is 35.5 Å². The number of hydrogen-bond donors (Lipinski definition) is 1. The first-order valence-electron chi connectivity index (χ1n) is 8.11. The zero-order valence-corrected chi connectivity index (χ0v) is 14.5. The van der Waals surface area contributed by atoms with Gasteiger partial charge in [-0.15, -0.1) is 0 Å². The highest BCUT2D eigenvalue weighted by Gasteiger charge is 2.14. The maximum atomic E-state index is 5.97. The molecule has 0 bridgehead atoms. The normalized spacial score (nSPS) is 11.0. The van der Waals surface area contributed by atoms with Gasteiger partial charge in [0, 0.05) is 11.6 Å². The third-order valence-electron chi connectivity index (χ3n) is 3.58. The van der Waals surface area contributed by atoms with Crippen LogP contribution in [0.5, 0.6) is 6.01 Å². The van der Waals surface area contributed by atoms with Gasteiger partial charge in [-0.1, -0.05) is 24.9 Å². The number of ether oxygens (including phenoxy) is 1. The second kappa shape index (κ2) is 7.49. The second-order valence-electron chi connectivity index (χ2n) is 5.34. The molecule has 0 unspecified atom stereocenters. The van der Waals surface area contributed by atoms with Crippen molar-refractivity contribution < 1.29 is 4.74 Å². The fraction of sp³-hybridized carbons (Fsp3) is 0.353. The maximum Gasteiger partial charge on any atom is 0.320 e. The lowest BCUT2D eigenvalue weighted by Gasteiger charge is -2.09. The monoisotopic (exact) mass is 345 g/mol. The Labute approximate surface area is 145 Å². The minimum absolute atomic E-state index is 0.347. The molecule has 0 fully saturated rings. The zero-order valence-electron chi connectivity index (χ0n) is 13.8. The van der Waals surface area contributed by atoms with Gasteiger partial charge in [-0.05, 0) is 37.6 Å². The molecule has 1 N–H and O–H groups in total. The van der Waals surface area contributed by atoms with Crippen LogP contribution in [0.2, 0.25) is 5.02 Å². The summed E-state index contributed by atoms with van der Waals surface area (Å²) in [5.41, 5.74) is 1.59. The molecule has 6 nitrogen and oxygen atoms in total. The first-order valence-corrected chi connectivity index (χ1v) is 8.49. The van der Waals surface area contributed by atoms with E-state index in [-0.39, 0.29) is 0 Å². The van der Waals surface area contributed by atoms with Gasteiger partial charge >= 0.3 is 6.01 Å². The van der Waals surface area contributed by atoms with Gasteiger partial charge in [0.15, 0.2) is 5.65 Å². The number of benzene rings is 1. The lowest BCUT2D eigenvalue weighted by molar-refractivity contribution is 0.314. The predicted octanol–water partition coefficient (Wildman–Crippen LogP) is 4.08. The molecule has 0 amide bonds. The number of halogens is 1. The molecule has 24 heavy (non-hydrogen) atoms. The highest BCUT2D eigenvalue weighted by Crippen LogP contribution is 2.25. The Bertz CT molecular complexity index is 816. The molecular weight excluding hydrogens is 326 g/mol. The Hall–Kier alpha value is -2.34. The zero-order chi connectivity index (χ0) is 16.9. The van der Waals surface area contributed by atoms with Crippen molar-refractivity contribution in [3.63, 3.8) is 0 Å². The summed E-state index contributed by atoms with van der Waals surface area (Å²) >= 11 is 5.97. The van der Waals surface area contributed by atoms with E-state index in [2.05, 4.69) is 27.3 Å². The van der Waals surface area contributed by atoms with Crippen molar-refractivity contribution in [2.24, 2.45) is 0 Å². The fourth-order valence-corrected chi connectivity index (χ4v) is 2.50. The molecule has 3 aromatic rings. The van der Waals surface area contributed by atoms with Crippen molar-refractivity contribution in [2.45, 2.75) is 26.7 Å². The van der Waals surface area contributed by atoms with E-state index in [0.29, 0.717) is 23.3 Å². The van der Waals surface area contributed by atoms with Gasteiger partial charge in [0.2, 0.25) is 0 Å². The van der Waals surface area contributed by atoms with E-state index in [1.807, 2.05) is 31.2 Å². The lowest BCUT2D eigenvalue weighted by Crippen LogP contribution is -2.07. The predicted molar refractivity (Wildman–Crippen MR) is 96.2 cm³/mol. The van der Waals surface area contributed by atoms with Crippen LogP contribution < -0.4 is 10.1 Å². The summed E-state index contributed by atoms with van der Waals surface area (Å²) in [6.45, 7) is 5.42. The first-order chi connectivity index (χ1) is 11.7. The third kappa shape index (κ3) is 3.43. The van der Waals surface area contributed by atoms with E-state index in [1.165, 1.54) is 0 Å². The molecule has 0 saturated carbocycles. The molecule has 126 valence electrons. The third-order valence-corrected chi connectivity index (χ3v) is 3.83. The second-order valence-corrected chi connectivity index (χ2v) is 5.77. The van der Waals surface area contributed by atoms with Crippen LogP contribution in [0.15, 0.2) is 30.5 Å². The Morgan fingerprint density at radius 3 is 2.67 bits per heavy atom. The molecule has 7 heteroatoms. The maximum absolute atomic E-state index is 5.97. The number of hydrogen-bond acceptors (Lipinski definition) is 5. The summed E-state index contributed by atoms with van der Waals surface area (Å²) in [6, 6.07) is 7.81. The number of rotatable bonds is 7. The van der Waals surface area contributed by atoms with E-state index in [4.69, 9.17) is 16.3 Å². The van der Waals surface area contributed by atoms with Crippen LogP contribution in [0.4, 0.5) is 5.82 Å². The first kappa shape index (κ1) is 16.5. The standard InChI is InChI=1S/C17H20ClN5O/c1-3-5-10-19-15-14-11-20-23(13-8-6-12(18)7-9-13)16(14)22-17(21-15)24-4-2/h6-9,11H,3-5,10H2,1-2H3,(H,19,21,22). The lowest BCUT2D eigenvalue weighted by atomic mass is 10.3. The van der Waals surface area contributed by atoms with Gasteiger partial charge in [0.25, 0.3) is 0 Å². The van der Waals surface area contributed by atoms with Gasteiger partial charge in [0.05, 0.1) is 23.9 Å². The molecule has 0 atom stereocenters. The number of aromatic nitrogens is 4. The number of unbranched alkanes of at least 4 members (excludes halogenated alkanes) is 1. The Kier molecular flexibility index (Phi) is 5.15. The van der Waals surface area contributed by atoms with Crippen molar-refractivity contribution >= 4 is 28.5 Å². The van der Waals surface area contributed by atoms with Crippen LogP contribution >= 0.6 is 11.6 Å². The Balaban J connectivity index is 2.06. The summed E-state index contributed by atoms with van der Waals surface area (Å²) in [5.74, 6) is 0.747. The molecule has 0 aliphatic heterocycles. The molecule has 0 spiro atoms. The molecule has 1 aromatic carbocycles. The number of fused-ring (bicyclic) bond motifs is 1. The number of nitrogens with one attached hydrogen (secondary N) is 1. The van der Waals surface area contributed by atoms with Crippen molar-refractivity contribution in [2.75, 3.05) is 18.5 Å². The quantitative estimate of drug-likeness (QED) is 0.653. The average Bonchev–Trinajstić information content (AvgIpc) is 3.00. The molecule has 2 heterocycles. The van der Waals surface area contributed by atoms with E-state index < -0.39 is 0 Å². The Morgan fingerprint density at radius 1 is 1.17 bits per heavy atom. The topological polar surface area (TPSA) is 64.9 Å². The molecule has 2 aromatic heterocycles. The van der Waals surface area contributed by atoms with Crippen LogP contribution in [-0.4, -0.2) is 32.9 Å². The van der Waals surface area contributed by atoms with Crippen LogP contribution in [0.25, 0.3) is 16.7 Å². The van der Waals surface area contributed by atoms with E-state index in [1.54, 1.807) is 10.9 Å². The summed E-state index contributed by atoms with van der Waals surface area (Å²) in [6.07, 6.45) is 3.96. The number of nitrogens with zero attached hydrogens (tertiary/aromatic N) is 4. The number of anilines is 1. The van der Waals surface area contributed by atoms with Crippen LogP contribution in [0.1, 0.15) is 26.7 Å². The van der Waals surface area contributed by atoms with Gasteiger partial charge < -0.3 is 10.1 Å².